The highest BCUT2D eigenvalue weighted by molar-refractivity contribution is 6.03. The first-order valence-corrected chi connectivity index (χ1v) is 10.8. The van der Waals surface area contributed by atoms with Gasteiger partial charge in [0.05, 0.1) is 41.2 Å². The largest absolute Gasteiger partial charge is 0.497 e. The zero-order valence-electron chi connectivity index (χ0n) is 20.5. The second-order valence-corrected chi connectivity index (χ2v) is 7.35. The second kappa shape index (κ2) is 12.2. The summed E-state index contributed by atoms with van der Waals surface area (Å²) in [5.41, 5.74) is 3.18. The van der Waals surface area contributed by atoms with Gasteiger partial charge in [0.2, 0.25) is 11.7 Å². The van der Waals surface area contributed by atoms with Gasteiger partial charge in [0, 0.05) is 6.08 Å². The van der Waals surface area contributed by atoms with E-state index in [0.29, 0.717) is 28.7 Å². The van der Waals surface area contributed by atoms with Crippen LogP contribution in [0.3, 0.4) is 0 Å². The van der Waals surface area contributed by atoms with Crippen molar-refractivity contribution in [2.24, 2.45) is 0 Å². The summed E-state index contributed by atoms with van der Waals surface area (Å²) in [7, 11) is 7.89. The fraction of sp³-hybridized carbons (Fsp3) is 0.179. The van der Waals surface area contributed by atoms with Gasteiger partial charge in [-0.25, -0.2) is 0 Å². The molecule has 0 aliphatic rings. The lowest BCUT2D eigenvalue weighted by Gasteiger charge is -2.13. The molecule has 35 heavy (non-hydrogen) atoms. The van der Waals surface area contributed by atoms with Gasteiger partial charge >= 0.3 is 0 Å². The maximum Gasteiger partial charge on any atom is 0.248 e. The molecule has 0 fully saturated rings. The smallest absolute Gasteiger partial charge is 0.248 e. The van der Waals surface area contributed by atoms with E-state index in [1.807, 2.05) is 60.7 Å². The Morgan fingerprint density at radius 3 is 1.80 bits per heavy atom. The number of carbonyl (C=O) groups excluding carboxylic acids is 1. The summed E-state index contributed by atoms with van der Waals surface area (Å²) in [4.78, 5) is 12.5. The van der Waals surface area contributed by atoms with E-state index in [1.54, 1.807) is 47.7 Å². The minimum atomic E-state index is -0.273. The lowest BCUT2D eigenvalue weighted by molar-refractivity contribution is -0.111. The average Bonchev–Trinajstić information content (AvgIpc) is 2.90. The summed E-state index contributed by atoms with van der Waals surface area (Å²) >= 11 is 0. The Bertz CT molecular complexity index is 1190. The Hall–Kier alpha value is -4.39. The number of anilines is 1. The molecule has 0 saturated heterocycles. The maximum absolute atomic E-state index is 12.5. The average molecular weight is 476 g/mol. The van der Waals surface area contributed by atoms with Crippen LogP contribution in [-0.4, -0.2) is 41.5 Å². The van der Waals surface area contributed by atoms with Crippen LogP contribution in [0.5, 0.6) is 28.7 Å². The number of rotatable bonds is 10. The minimum absolute atomic E-state index is 0.273. The molecule has 3 aromatic rings. The van der Waals surface area contributed by atoms with E-state index in [9.17, 15) is 4.79 Å². The molecule has 0 atom stereocenters. The zero-order chi connectivity index (χ0) is 25.2. The molecule has 0 unspecified atom stereocenters. The van der Waals surface area contributed by atoms with Crippen LogP contribution < -0.4 is 29.0 Å². The number of amides is 1. The van der Waals surface area contributed by atoms with Crippen molar-refractivity contribution in [2.45, 2.75) is 0 Å². The van der Waals surface area contributed by atoms with E-state index >= 15 is 0 Å². The Morgan fingerprint density at radius 2 is 1.23 bits per heavy atom. The van der Waals surface area contributed by atoms with Gasteiger partial charge in [-0.15, -0.1) is 0 Å². The van der Waals surface area contributed by atoms with Gasteiger partial charge in [0.15, 0.2) is 11.5 Å². The van der Waals surface area contributed by atoms with Gasteiger partial charge in [0.25, 0.3) is 0 Å². The first kappa shape index (κ1) is 25.2. The van der Waals surface area contributed by atoms with Gasteiger partial charge in [-0.2, -0.15) is 0 Å². The number of hydrogen-bond acceptors (Lipinski definition) is 6. The first-order chi connectivity index (χ1) is 17.0. The Balaban J connectivity index is 1.78. The van der Waals surface area contributed by atoms with E-state index < -0.39 is 0 Å². The molecule has 1 N–H and O–H groups in total. The van der Waals surface area contributed by atoms with Gasteiger partial charge < -0.3 is 29.0 Å². The van der Waals surface area contributed by atoms with Crippen molar-refractivity contribution in [3.05, 3.63) is 77.4 Å². The molecule has 0 spiro atoms. The molecule has 0 aliphatic heterocycles. The van der Waals surface area contributed by atoms with Crippen LogP contribution in [0.4, 0.5) is 5.69 Å². The van der Waals surface area contributed by atoms with E-state index in [1.165, 1.54) is 6.08 Å². The molecule has 7 nitrogen and oxygen atoms in total. The van der Waals surface area contributed by atoms with Gasteiger partial charge in [0.1, 0.15) is 11.5 Å². The minimum Gasteiger partial charge on any atom is -0.497 e. The van der Waals surface area contributed by atoms with Crippen molar-refractivity contribution in [2.75, 3.05) is 40.9 Å². The molecule has 1 amide bonds. The molecular formula is C28H29NO6. The monoisotopic (exact) mass is 475 g/mol. The summed E-state index contributed by atoms with van der Waals surface area (Å²) in [6.07, 6.45) is 7.04. The molecule has 0 radical (unpaired) electrons. The topological polar surface area (TPSA) is 75.3 Å². The SMILES string of the molecule is COc1ccc(/C=C/C(=O)Nc2cc(C=Cc3cc(OC)c(OC)c(OC)c3)ccc2OC)cc1. The van der Waals surface area contributed by atoms with E-state index in [2.05, 4.69) is 5.32 Å². The molecule has 0 saturated carbocycles. The van der Waals surface area contributed by atoms with E-state index in [4.69, 9.17) is 23.7 Å². The van der Waals surface area contributed by atoms with Crippen molar-refractivity contribution < 1.29 is 28.5 Å². The van der Waals surface area contributed by atoms with E-state index in [-0.39, 0.29) is 5.91 Å². The van der Waals surface area contributed by atoms with Crippen LogP contribution in [0.15, 0.2) is 60.7 Å². The number of carbonyl (C=O) groups is 1. The Morgan fingerprint density at radius 1 is 0.629 bits per heavy atom. The van der Waals surface area contributed by atoms with Gasteiger partial charge in [-0.1, -0.05) is 30.4 Å². The van der Waals surface area contributed by atoms with Crippen LogP contribution >= 0.6 is 0 Å². The quantitative estimate of drug-likeness (QED) is 0.306. The van der Waals surface area contributed by atoms with Crippen molar-refractivity contribution in [1.29, 1.82) is 0 Å². The van der Waals surface area contributed by atoms with Gasteiger partial charge in [-0.05, 0) is 59.2 Å². The molecular weight excluding hydrogens is 446 g/mol. The predicted octanol–water partition coefficient (Wildman–Crippen LogP) is 5.55. The van der Waals surface area contributed by atoms with Crippen molar-refractivity contribution in [3.8, 4) is 28.7 Å². The fourth-order valence-corrected chi connectivity index (χ4v) is 3.38. The molecule has 3 aromatic carbocycles. The highest BCUT2D eigenvalue weighted by atomic mass is 16.5. The summed E-state index contributed by atoms with van der Waals surface area (Å²) in [5.74, 6) is 2.71. The Kier molecular flexibility index (Phi) is 8.78. The fourth-order valence-electron chi connectivity index (χ4n) is 3.38. The van der Waals surface area contributed by atoms with E-state index in [0.717, 1.165) is 22.4 Å². The number of ether oxygens (including phenoxy) is 5. The standard InChI is InChI=1S/C28H29NO6/c1-31-22-12-8-19(9-13-22)11-15-27(30)29-23-16-20(10-14-24(23)32-2)6-7-21-17-25(33-3)28(35-5)26(18-21)34-4/h6-18H,1-5H3,(H,29,30)/b7-6?,15-11+. The summed E-state index contributed by atoms with van der Waals surface area (Å²) in [6.45, 7) is 0. The summed E-state index contributed by atoms with van der Waals surface area (Å²) in [6, 6.07) is 16.7. The Labute approximate surface area is 205 Å². The number of hydrogen-bond donors (Lipinski definition) is 1. The zero-order valence-corrected chi connectivity index (χ0v) is 20.5. The summed E-state index contributed by atoms with van der Waals surface area (Å²) < 4.78 is 26.8. The molecule has 3 rings (SSSR count). The predicted molar refractivity (Wildman–Crippen MR) is 139 cm³/mol. The lowest BCUT2D eigenvalue weighted by atomic mass is 10.1. The van der Waals surface area contributed by atoms with Crippen molar-refractivity contribution in [3.63, 3.8) is 0 Å². The normalized spacial score (nSPS) is 10.9. The van der Waals surface area contributed by atoms with Crippen LogP contribution in [0.1, 0.15) is 16.7 Å². The van der Waals surface area contributed by atoms with Crippen LogP contribution in [-0.2, 0) is 4.79 Å². The number of benzene rings is 3. The lowest BCUT2D eigenvalue weighted by Crippen LogP contribution is -2.09. The molecule has 0 heterocycles. The van der Waals surface area contributed by atoms with Crippen molar-refractivity contribution >= 4 is 29.8 Å². The third-order valence-corrected chi connectivity index (χ3v) is 5.18. The highest BCUT2D eigenvalue weighted by Crippen LogP contribution is 2.38. The molecule has 0 bridgehead atoms. The molecule has 0 aromatic heterocycles. The first-order valence-electron chi connectivity index (χ1n) is 10.8. The number of methoxy groups -OCH3 is 5. The maximum atomic E-state index is 12.5. The highest BCUT2D eigenvalue weighted by Gasteiger charge is 2.12. The van der Waals surface area contributed by atoms with Crippen LogP contribution in [0, 0.1) is 0 Å². The van der Waals surface area contributed by atoms with Gasteiger partial charge in [-0.3, -0.25) is 4.79 Å². The summed E-state index contributed by atoms with van der Waals surface area (Å²) in [5, 5.41) is 2.88. The van der Waals surface area contributed by atoms with Crippen LogP contribution in [0.2, 0.25) is 0 Å². The molecule has 0 aliphatic carbocycles. The molecule has 182 valence electrons. The number of nitrogens with one attached hydrogen (secondary N) is 1. The van der Waals surface area contributed by atoms with Crippen molar-refractivity contribution in [1.82, 2.24) is 0 Å². The second-order valence-electron chi connectivity index (χ2n) is 7.35. The third-order valence-electron chi connectivity index (χ3n) is 5.18. The third kappa shape index (κ3) is 6.57. The molecule has 7 heteroatoms. The van der Waals surface area contributed by atoms with Crippen LogP contribution in [0.25, 0.3) is 18.2 Å².